The van der Waals surface area contributed by atoms with Crippen molar-refractivity contribution >= 4 is 16.7 Å². The van der Waals surface area contributed by atoms with Crippen molar-refractivity contribution in [2.24, 2.45) is 0 Å². The Bertz CT molecular complexity index is 935. The number of nitrogens with one attached hydrogen (secondary N) is 2. The van der Waals surface area contributed by atoms with Gasteiger partial charge in [0, 0.05) is 48.9 Å². The summed E-state index contributed by atoms with van der Waals surface area (Å²) in [5.74, 6) is 0.257. The lowest BCUT2D eigenvalue weighted by molar-refractivity contribution is 0.0952. The van der Waals surface area contributed by atoms with Gasteiger partial charge in [-0.25, -0.2) is 0 Å². The summed E-state index contributed by atoms with van der Waals surface area (Å²) in [6.07, 6.45) is 3.52. The van der Waals surface area contributed by atoms with E-state index in [4.69, 9.17) is 0 Å². The molecule has 0 bridgehead atoms. The fourth-order valence-electron chi connectivity index (χ4n) is 3.61. The molecule has 0 aliphatic carbocycles. The maximum absolute atomic E-state index is 12.8. The Balaban J connectivity index is 1.56. The van der Waals surface area contributed by atoms with Gasteiger partial charge < -0.3 is 10.6 Å². The van der Waals surface area contributed by atoms with Gasteiger partial charge in [0.15, 0.2) is 0 Å². The van der Waals surface area contributed by atoms with Crippen molar-refractivity contribution in [1.82, 2.24) is 15.6 Å². The van der Waals surface area contributed by atoms with Crippen molar-refractivity contribution in [3.8, 4) is 0 Å². The van der Waals surface area contributed by atoms with Crippen molar-refractivity contribution in [3.05, 3.63) is 77.1 Å². The van der Waals surface area contributed by atoms with Crippen LogP contribution in [0, 0.1) is 6.92 Å². The Morgan fingerprint density at radius 3 is 3.08 bits per heavy atom. The van der Waals surface area contributed by atoms with E-state index in [0.29, 0.717) is 18.0 Å². The molecule has 4 rings (SSSR count). The molecule has 1 amide bonds. The molecule has 3 aromatic rings. The van der Waals surface area contributed by atoms with Crippen LogP contribution < -0.4 is 10.6 Å². The second kappa shape index (κ2) is 6.65. The number of carbonyl (C=O) groups is 1. The van der Waals surface area contributed by atoms with Crippen molar-refractivity contribution in [2.45, 2.75) is 19.4 Å². The molecule has 25 heavy (non-hydrogen) atoms. The zero-order valence-corrected chi connectivity index (χ0v) is 14.3. The predicted molar refractivity (Wildman–Crippen MR) is 99.7 cm³/mol. The Morgan fingerprint density at radius 1 is 1.28 bits per heavy atom. The second-order valence-corrected chi connectivity index (χ2v) is 6.65. The van der Waals surface area contributed by atoms with E-state index in [1.54, 1.807) is 12.4 Å². The Hall–Kier alpha value is -2.72. The van der Waals surface area contributed by atoms with Crippen LogP contribution in [0.4, 0.5) is 0 Å². The number of rotatable bonds is 3. The molecule has 1 aliphatic heterocycles. The molecule has 126 valence electrons. The van der Waals surface area contributed by atoms with E-state index in [-0.39, 0.29) is 5.91 Å². The topological polar surface area (TPSA) is 54.0 Å². The average molecular weight is 331 g/mol. The number of pyridine rings is 1. The molecule has 2 heterocycles. The summed E-state index contributed by atoms with van der Waals surface area (Å²) in [5.41, 5.74) is 4.42. The number of nitrogens with zero attached hydrogens (tertiary/aromatic N) is 1. The maximum Gasteiger partial charge on any atom is 0.251 e. The first-order chi connectivity index (χ1) is 12.2. The van der Waals surface area contributed by atoms with Gasteiger partial charge in [-0.1, -0.05) is 30.3 Å². The van der Waals surface area contributed by atoms with Gasteiger partial charge in [0.1, 0.15) is 0 Å². The van der Waals surface area contributed by atoms with Crippen LogP contribution in [-0.4, -0.2) is 24.0 Å². The standard InChI is InChI=1S/C21H21N3O/c1-14-8-15-6-7-22-13-20(15)19(9-14)21(25)24-12-17-11-23-10-16-4-2-3-5-18(16)17/h2-9,13,17,23H,10-12H2,1H3,(H,24,25). The Labute approximate surface area is 147 Å². The van der Waals surface area contributed by atoms with E-state index in [1.807, 2.05) is 19.1 Å². The van der Waals surface area contributed by atoms with Crippen LogP contribution in [-0.2, 0) is 6.54 Å². The summed E-state index contributed by atoms with van der Waals surface area (Å²) in [5, 5.41) is 8.50. The monoisotopic (exact) mass is 331 g/mol. The third-order valence-corrected chi connectivity index (χ3v) is 4.85. The SMILES string of the molecule is Cc1cc(C(=O)NCC2CNCc3ccccc32)c2cnccc2c1. The zero-order valence-electron chi connectivity index (χ0n) is 14.3. The van der Waals surface area contributed by atoms with E-state index in [9.17, 15) is 4.79 Å². The van der Waals surface area contributed by atoms with Crippen molar-refractivity contribution < 1.29 is 4.79 Å². The van der Waals surface area contributed by atoms with Crippen LogP contribution in [0.15, 0.2) is 54.9 Å². The molecule has 1 aliphatic rings. The molecular weight excluding hydrogens is 310 g/mol. The van der Waals surface area contributed by atoms with E-state index < -0.39 is 0 Å². The summed E-state index contributed by atoms with van der Waals surface area (Å²) in [7, 11) is 0. The van der Waals surface area contributed by atoms with E-state index in [2.05, 4.69) is 45.9 Å². The minimum absolute atomic E-state index is 0.0373. The highest BCUT2D eigenvalue weighted by Crippen LogP contribution is 2.24. The number of hydrogen-bond acceptors (Lipinski definition) is 3. The quantitative estimate of drug-likeness (QED) is 0.775. The molecule has 0 spiro atoms. The van der Waals surface area contributed by atoms with Gasteiger partial charge in [0.05, 0.1) is 0 Å². The third-order valence-electron chi connectivity index (χ3n) is 4.85. The Morgan fingerprint density at radius 2 is 2.16 bits per heavy atom. The lowest BCUT2D eigenvalue weighted by Gasteiger charge is -2.26. The van der Waals surface area contributed by atoms with E-state index in [0.717, 1.165) is 29.4 Å². The van der Waals surface area contributed by atoms with Crippen LogP contribution in [0.3, 0.4) is 0 Å². The summed E-state index contributed by atoms with van der Waals surface area (Å²) in [6, 6.07) is 14.4. The number of benzene rings is 2. The fourth-order valence-corrected chi connectivity index (χ4v) is 3.61. The lowest BCUT2D eigenvalue weighted by atomic mass is 9.91. The van der Waals surface area contributed by atoms with Gasteiger partial charge >= 0.3 is 0 Å². The van der Waals surface area contributed by atoms with E-state index in [1.165, 1.54) is 11.1 Å². The number of amides is 1. The first kappa shape index (κ1) is 15.8. The van der Waals surface area contributed by atoms with Crippen molar-refractivity contribution in [3.63, 3.8) is 0 Å². The molecule has 2 aromatic carbocycles. The number of hydrogen-bond donors (Lipinski definition) is 2. The zero-order chi connectivity index (χ0) is 17.2. The lowest BCUT2D eigenvalue weighted by Crippen LogP contribution is -2.36. The third kappa shape index (κ3) is 3.13. The van der Waals surface area contributed by atoms with Crippen LogP contribution in [0.25, 0.3) is 10.8 Å². The molecule has 4 nitrogen and oxygen atoms in total. The fraction of sp³-hybridized carbons (Fsp3) is 0.238. The maximum atomic E-state index is 12.8. The van der Waals surface area contributed by atoms with Gasteiger partial charge in [0.25, 0.3) is 5.91 Å². The molecule has 1 atom stereocenters. The minimum atomic E-state index is -0.0373. The molecule has 0 radical (unpaired) electrons. The number of carbonyl (C=O) groups excluding carboxylic acids is 1. The first-order valence-corrected chi connectivity index (χ1v) is 8.63. The highest BCUT2D eigenvalue weighted by atomic mass is 16.1. The van der Waals surface area contributed by atoms with Gasteiger partial charge in [-0.3, -0.25) is 9.78 Å². The molecule has 0 fully saturated rings. The van der Waals surface area contributed by atoms with E-state index >= 15 is 0 Å². The van der Waals surface area contributed by atoms with Gasteiger partial charge in [0.2, 0.25) is 0 Å². The molecule has 1 aromatic heterocycles. The van der Waals surface area contributed by atoms with Crippen LogP contribution in [0.5, 0.6) is 0 Å². The van der Waals surface area contributed by atoms with Crippen molar-refractivity contribution in [1.29, 1.82) is 0 Å². The number of aryl methyl sites for hydroxylation is 1. The predicted octanol–water partition coefficient (Wildman–Crippen LogP) is 3.16. The molecule has 2 N–H and O–H groups in total. The molecule has 0 saturated carbocycles. The summed E-state index contributed by atoms with van der Waals surface area (Å²) in [6.45, 7) is 4.42. The number of fused-ring (bicyclic) bond motifs is 2. The molecule has 0 saturated heterocycles. The summed E-state index contributed by atoms with van der Waals surface area (Å²) in [4.78, 5) is 17.0. The second-order valence-electron chi connectivity index (χ2n) is 6.65. The normalized spacial score (nSPS) is 16.4. The van der Waals surface area contributed by atoms with Crippen LogP contribution >= 0.6 is 0 Å². The summed E-state index contributed by atoms with van der Waals surface area (Å²) >= 11 is 0. The van der Waals surface area contributed by atoms with Crippen molar-refractivity contribution in [2.75, 3.05) is 13.1 Å². The van der Waals surface area contributed by atoms with Crippen LogP contribution in [0.1, 0.15) is 33.0 Å². The van der Waals surface area contributed by atoms with Gasteiger partial charge in [-0.2, -0.15) is 0 Å². The Kier molecular flexibility index (Phi) is 4.20. The van der Waals surface area contributed by atoms with Crippen LogP contribution in [0.2, 0.25) is 0 Å². The highest BCUT2D eigenvalue weighted by Gasteiger charge is 2.20. The minimum Gasteiger partial charge on any atom is -0.351 e. The van der Waals surface area contributed by atoms with Gasteiger partial charge in [-0.05, 0) is 41.1 Å². The highest BCUT2D eigenvalue weighted by molar-refractivity contribution is 6.07. The molecule has 1 unspecified atom stereocenters. The smallest absolute Gasteiger partial charge is 0.251 e. The van der Waals surface area contributed by atoms with Gasteiger partial charge in [-0.15, -0.1) is 0 Å². The molecular formula is C21H21N3O. The largest absolute Gasteiger partial charge is 0.351 e. The average Bonchev–Trinajstić information content (AvgIpc) is 2.65. The number of aromatic nitrogens is 1. The summed E-state index contributed by atoms with van der Waals surface area (Å²) < 4.78 is 0. The molecule has 4 heteroatoms. The first-order valence-electron chi connectivity index (χ1n) is 8.63.